The SMILES string of the molecule is C#C.CC.O=C(NCCO)c1cc(F)c(COc2nc3nc(O[C@@H]4CCC5[C@H](O)CO[C@@H]54)[nH]c3cc2Cl)c(F)c1. The molecule has 4 N–H and O–H groups in total. The van der Waals surface area contributed by atoms with Gasteiger partial charge in [-0.1, -0.05) is 25.4 Å². The summed E-state index contributed by atoms with van der Waals surface area (Å²) in [6, 6.07) is 3.47. The number of terminal acetylenes is 1. The van der Waals surface area contributed by atoms with Crippen molar-refractivity contribution >= 4 is 28.7 Å². The van der Waals surface area contributed by atoms with Gasteiger partial charge in [-0.25, -0.2) is 8.78 Å². The normalized spacial score (nSPS) is 21.0. The van der Waals surface area contributed by atoms with Crippen LogP contribution in [0.4, 0.5) is 8.78 Å². The maximum atomic E-state index is 14.5. The zero-order chi connectivity index (χ0) is 29.4. The Hall–Kier alpha value is -3.50. The summed E-state index contributed by atoms with van der Waals surface area (Å²) in [5.41, 5.74) is 0.0604. The number of amides is 1. The first-order valence-electron chi connectivity index (χ1n) is 12.7. The van der Waals surface area contributed by atoms with Gasteiger partial charge in [0.25, 0.3) is 11.9 Å². The van der Waals surface area contributed by atoms with E-state index in [0.29, 0.717) is 11.9 Å². The fourth-order valence-electron chi connectivity index (χ4n) is 4.53. The van der Waals surface area contributed by atoms with Crippen LogP contribution in [-0.4, -0.2) is 69.1 Å². The van der Waals surface area contributed by atoms with Gasteiger partial charge < -0.3 is 34.7 Å². The van der Waals surface area contributed by atoms with Gasteiger partial charge in [-0.2, -0.15) is 9.97 Å². The molecule has 2 aliphatic rings. The van der Waals surface area contributed by atoms with Crippen molar-refractivity contribution < 1.29 is 38.0 Å². The Morgan fingerprint density at radius 2 is 1.93 bits per heavy atom. The number of nitrogens with one attached hydrogen (secondary N) is 2. The number of H-pyrrole nitrogens is 1. The second-order valence-corrected chi connectivity index (χ2v) is 9.05. The molecule has 10 nitrogen and oxygen atoms in total. The van der Waals surface area contributed by atoms with Crippen molar-refractivity contribution in [3.63, 3.8) is 0 Å². The molecule has 2 fully saturated rings. The number of nitrogens with zero attached hydrogens (tertiary/aromatic N) is 2. The van der Waals surface area contributed by atoms with Gasteiger partial charge in [-0.3, -0.25) is 4.79 Å². The Bertz CT molecular complexity index is 1310. The summed E-state index contributed by atoms with van der Waals surface area (Å²) in [6.45, 7) is 3.41. The first-order chi connectivity index (χ1) is 19.3. The Morgan fingerprint density at radius 3 is 2.60 bits per heavy atom. The largest absolute Gasteiger partial charge is 0.471 e. The second-order valence-electron chi connectivity index (χ2n) is 8.64. The van der Waals surface area contributed by atoms with Crippen LogP contribution in [0.25, 0.3) is 11.2 Å². The third kappa shape index (κ3) is 6.79. The van der Waals surface area contributed by atoms with Crippen molar-refractivity contribution in [2.45, 2.75) is 51.6 Å². The number of aliphatic hydroxyl groups is 2. The number of pyridine rings is 1. The third-order valence-corrected chi connectivity index (χ3v) is 6.59. The molecule has 1 aliphatic heterocycles. The standard InChI is InChI=1S/C23H23ClF2N4O6.C2H6.C2H2/c24-13-7-16-20(30-23(28-16)36-18-2-1-11-17(32)9-34-19(11)18)29-22(13)35-8-12-14(25)5-10(6-15(12)26)21(33)27-3-4-31;2*1-2/h5-7,11,17-19,31-32H,1-4,8-9H2,(H,27,33)(H,28,29,30);1-2H3;1-2H/t11?,17-,18-,19+;;/m1../s1. The summed E-state index contributed by atoms with van der Waals surface area (Å²) in [5, 5.41) is 21.2. The molecule has 2 aromatic heterocycles. The predicted molar refractivity (Wildman–Crippen MR) is 143 cm³/mol. The van der Waals surface area contributed by atoms with Crippen LogP contribution in [0.5, 0.6) is 11.9 Å². The Morgan fingerprint density at radius 1 is 1.23 bits per heavy atom. The number of carbonyl (C=O) groups is 1. The lowest BCUT2D eigenvalue weighted by Crippen LogP contribution is -2.30. The van der Waals surface area contributed by atoms with Crippen molar-refractivity contribution in [2.24, 2.45) is 5.92 Å². The van der Waals surface area contributed by atoms with Crippen molar-refractivity contribution in [1.82, 2.24) is 20.3 Å². The van der Waals surface area contributed by atoms with E-state index >= 15 is 0 Å². The van der Waals surface area contributed by atoms with Crippen LogP contribution in [0.3, 0.4) is 0 Å². The quantitative estimate of drug-likeness (QED) is 0.297. The Kier molecular flexibility index (Phi) is 11.0. The van der Waals surface area contributed by atoms with Gasteiger partial charge in [-0.15, -0.1) is 12.8 Å². The number of hydrogen-bond acceptors (Lipinski definition) is 8. The van der Waals surface area contributed by atoms with Crippen LogP contribution in [0.15, 0.2) is 18.2 Å². The molecule has 4 atom stereocenters. The Labute approximate surface area is 235 Å². The number of carbonyl (C=O) groups excluding carboxylic acids is 1. The number of aliphatic hydroxyl groups excluding tert-OH is 2. The van der Waals surface area contributed by atoms with Gasteiger partial charge in [-0.05, 0) is 31.0 Å². The fourth-order valence-corrected chi connectivity index (χ4v) is 4.73. The van der Waals surface area contributed by atoms with E-state index in [2.05, 4.69) is 33.1 Å². The van der Waals surface area contributed by atoms with E-state index < -0.39 is 35.8 Å². The molecule has 0 spiro atoms. The minimum absolute atomic E-state index is 0.0386. The van der Waals surface area contributed by atoms with Crippen LogP contribution in [0, 0.1) is 30.4 Å². The zero-order valence-electron chi connectivity index (χ0n) is 22.0. The highest BCUT2D eigenvalue weighted by atomic mass is 35.5. The molecule has 0 radical (unpaired) electrons. The molecule has 1 amide bonds. The van der Waals surface area contributed by atoms with E-state index in [1.54, 1.807) is 0 Å². The van der Waals surface area contributed by atoms with Crippen LogP contribution >= 0.6 is 11.6 Å². The number of halogens is 3. The third-order valence-electron chi connectivity index (χ3n) is 6.32. The van der Waals surface area contributed by atoms with Gasteiger partial charge in [0, 0.05) is 18.0 Å². The second kappa shape index (κ2) is 14.2. The summed E-state index contributed by atoms with van der Waals surface area (Å²) < 4.78 is 46.1. The molecule has 1 unspecified atom stereocenters. The lowest BCUT2D eigenvalue weighted by molar-refractivity contribution is 0.0135. The van der Waals surface area contributed by atoms with E-state index in [0.717, 1.165) is 18.6 Å². The van der Waals surface area contributed by atoms with Crippen molar-refractivity contribution in [1.29, 1.82) is 0 Å². The van der Waals surface area contributed by atoms with Crippen molar-refractivity contribution in [3.8, 4) is 24.7 Å². The topological polar surface area (TPSA) is 139 Å². The molecule has 1 saturated heterocycles. The molecule has 3 aromatic rings. The summed E-state index contributed by atoms with van der Waals surface area (Å²) in [6.07, 6.45) is 8.54. The summed E-state index contributed by atoms with van der Waals surface area (Å²) in [7, 11) is 0. The maximum Gasteiger partial charge on any atom is 0.296 e. The maximum absolute atomic E-state index is 14.5. The van der Waals surface area contributed by atoms with Crippen LogP contribution in [-0.2, 0) is 11.3 Å². The van der Waals surface area contributed by atoms with E-state index in [9.17, 15) is 18.7 Å². The molecular formula is C27H31ClF2N4O6. The molecular weight excluding hydrogens is 550 g/mol. The monoisotopic (exact) mass is 580 g/mol. The number of aromatic amines is 1. The number of benzene rings is 1. The lowest BCUT2D eigenvalue weighted by atomic mass is 10.0. The number of fused-ring (bicyclic) bond motifs is 2. The van der Waals surface area contributed by atoms with E-state index in [-0.39, 0.29) is 66.0 Å². The number of aromatic nitrogens is 3. The van der Waals surface area contributed by atoms with Crippen molar-refractivity contribution in [3.05, 3.63) is 46.0 Å². The van der Waals surface area contributed by atoms with Gasteiger partial charge in [0.2, 0.25) is 5.88 Å². The predicted octanol–water partition coefficient (Wildman–Crippen LogP) is 3.38. The van der Waals surface area contributed by atoms with E-state index in [4.69, 9.17) is 30.9 Å². The zero-order valence-corrected chi connectivity index (χ0v) is 22.8. The highest BCUT2D eigenvalue weighted by molar-refractivity contribution is 6.32. The average Bonchev–Trinajstić information content (AvgIpc) is 3.65. The molecule has 13 heteroatoms. The number of rotatable bonds is 8. The summed E-state index contributed by atoms with van der Waals surface area (Å²) in [4.78, 5) is 23.4. The molecule has 3 heterocycles. The minimum atomic E-state index is -0.981. The molecule has 216 valence electrons. The van der Waals surface area contributed by atoms with Gasteiger partial charge >= 0.3 is 0 Å². The Balaban J connectivity index is 0.00000106. The molecule has 0 bridgehead atoms. The molecule has 1 saturated carbocycles. The minimum Gasteiger partial charge on any atom is -0.471 e. The van der Waals surface area contributed by atoms with Crippen molar-refractivity contribution in [2.75, 3.05) is 19.8 Å². The molecule has 40 heavy (non-hydrogen) atoms. The summed E-state index contributed by atoms with van der Waals surface area (Å²) >= 11 is 6.25. The van der Waals surface area contributed by atoms with Gasteiger partial charge in [0.15, 0.2) is 5.65 Å². The van der Waals surface area contributed by atoms with Gasteiger partial charge in [0.05, 0.1) is 36.5 Å². The molecule has 1 aliphatic carbocycles. The van der Waals surface area contributed by atoms with E-state index in [1.165, 1.54) is 6.07 Å². The highest BCUT2D eigenvalue weighted by Crippen LogP contribution is 2.38. The first kappa shape index (κ1) is 31.0. The van der Waals surface area contributed by atoms with Crippen LogP contribution in [0.1, 0.15) is 42.6 Å². The molecule has 1 aromatic carbocycles. The van der Waals surface area contributed by atoms with E-state index in [1.807, 2.05) is 13.8 Å². The first-order valence-corrected chi connectivity index (χ1v) is 13.1. The smallest absolute Gasteiger partial charge is 0.296 e. The average molecular weight is 581 g/mol. The summed E-state index contributed by atoms with van der Waals surface area (Å²) in [5.74, 6) is -2.73. The number of ether oxygens (including phenoxy) is 3. The molecule has 5 rings (SSSR count). The number of hydrogen-bond donors (Lipinski definition) is 4. The lowest BCUT2D eigenvalue weighted by Gasteiger charge is -2.17. The van der Waals surface area contributed by atoms with Gasteiger partial charge in [0.1, 0.15) is 29.4 Å². The van der Waals surface area contributed by atoms with Crippen LogP contribution in [0.2, 0.25) is 5.02 Å². The fraction of sp³-hybridized carbons (Fsp3) is 0.444. The highest BCUT2D eigenvalue weighted by Gasteiger charge is 2.47. The number of imidazole rings is 1. The van der Waals surface area contributed by atoms with Crippen LogP contribution < -0.4 is 14.8 Å².